The Labute approximate surface area is 150 Å². The average Bonchev–Trinajstić information content (AvgIpc) is 3.23. The summed E-state index contributed by atoms with van der Waals surface area (Å²) < 4.78 is 7.52. The molecule has 2 aromatic heterocycles. The SMILES string of the molecule is CC1=C(C(=O)OC2CCCCC2)[C@@H](c2sccc2C)n2nnnc2N1. The van der Waals surface area contributed by atoms with Crippen LogP contribution in [0.25, 0.3) is 0 Å². The molecule has 0 aromatic carbocycles. The molecule has 8 heteroatoms. The maximum absolute atomic E-state index is 13.0. The number of hydrogen-bond donors (Lipinski definition) is 1. The number of rotatable bonds is 3. The first-order valence-corrected chi connectivity index (χ1v) is 9.53. The van der Waals surface area contributed by atoms with Crippen LogP contribution in [0.4, 0.5) is 5.95 Å². The maximum Gasteiger partial charge on any atom is 0.338 e. The second-order valence-electron chi connectivity index (χ2n) is 6.65. The van der Waals surface area contributed by atoms with Crippen molar-refractivity contribution in [3.05, 3.63) is 33.2 Å². The molecule has 1 aliphatic heterocycles. The Morgan fingerprint density at radius 1 is 1.32 bits per heavy atom. The van der Waals surface area contributed by atoms with Crippen LogP contribution >= 0.6 is 11.3 Å². The molecule has 3 heterocycles. The van der Waals surface area contributed by atoms with Crippen molar-refractivity contribution in [1.82, 2.24) is 20.2 Å². The van der Waals surface area contributed by atoms with Crippen molar-refractivity contribution in [2.24, 2.45) is 0 Å². The van der Waals surface area contributed by atoms with Crippen LogP contribution in [0.5, 0.6) is 0 Å². The zero-order valence-electron chi connectivity index (χ0n) is 14.4. The van der Waals surface area contributed by atoms with Crippen molar-refractivity contribution in [1.29, 1.82) is 0 Å². The fraction of sp³-hybridized carbons (Fsp3) is 0.529. The first-order chi connectivity index (χ1) is 12.1. The number of fused-ring (bicyclic) bond motifs is 1. The molecular weight excluding hydrogens is 338 g/mol. The second kappa shape index (κ2) is 6.59. The monoisotopic (exact) mass is 359 g/mol. The number of ether oxygens (including phenoxy) is 1. The molecule has 132 valence electrons. The van der Waals surface area contributed by atoms with E-state index in [1.54, 1.807) is 16.0 Å². The van der Waals surface area contributed by atoms with E-state index in [0.29, 0.717) is 11.5 Å². The van der Waals surface area contributed by atoms with E-state index in [0.717, 1.165) is 41.8 Å². The number of nitrogens with one attached hydrogen (secondary N) is 1. The number of anilines is 1. The van der Waals surface area contributed by atoms with Crippen LogP contribution in [0.1, 0.15) is 55.5 Å². The third kappa shape index (κ3) is 2.95. The Kier molecular flexibility index (Phi) is 4.29. The van der Waals surface area contributed by atoms with Gasteiger partial charge < -0.3 is 10.1 Å². The Hall–Kier alpha value is -2.22. The van der Waals surface area contributed by atoms with E-state index in [4.69, 9.17) is 4.74 Å². The molecule has 2 aliphatic rings. The molecule has 0 saturated heterocycles. The number of allylic oxidation sites excluding steroid dienone is 1. The summed E-state index contributed by atoms with van der Waals surface area (Å²) in [6.45, 7) is 3.92. The van der Waals surface area contributed by atoms with Crippen LogP contribution in [0.2, 0.25) is 0 Å². The molecule has 1 N–H and O–H groups in total. The topological polar surface area (TPSA) is 81.9 Å². The Morgan fingerprint density at radius 2 is 2.12 bits per heavy atom. The van der Waals surface area contributed by atoms with E-state index in [9.17, 15) is 4.79 Å². The highest BCUT2D eigenvalue weighted by Gasteiger charge is 2.37. The van der Waals surface area contributed by atoms with Crippen LogP contribution in [-0.4, -0.2) is 32.3 Å². The number of nitrogens with zero attached hydrogens (tertiary/aromatic N) is 4. The number of thiophene rings is 1. The van der Waals surface area contributed by atoms with Crippen molar-refractivity contribution in [2.45, 2.75) is 58.1 Å². The smallest absolute Gasteiger partial charge is 0.338 e. The Morgan fingerprint density at radius 3 is 2.84 bits per heavy atom. The zero-order valence-corrected chi connectivity index (χ0v) is 15.2. The highest BCUT2D eigenvalue weighted by Crippen LogP contribution is 2.39. The van der Waals surface area contributed by atoms with Crippen LogP contribution < -0.4 is 5.32 Å². The highest BCUT2D eigenvalue weighted by molar-refractivity contribution is 7.10. The molecule has 2 aromatic rings. The van der Waals surface area contributed by atoms with Crippen molar-refractivity contribution in [3.63, 3.8) is 0 Å². The quantitative estimate of drug-likeness (QED) is 0.848. The van der Waals surface area contributed by atoms with Gasteiger partial charge in [-0.15, -0.1) is 11.3 Å². The summed E-state index contributed by atoms with van der Waals surface area (Å²) in [5.41, 5.74) is 2.46. The summed E-state index contributed by atoms with van der Waals surface area (Å²) in [6, 6.07) is 1.70. The summed E-state index contributed by atoms with van der Waals surface area (Å²) in [5, 5.41) is 17.0. The van der Waals surface area contributed by atoms with E-state index < -0.39 is 0 Å². The van der Waals surface area contributed by atoms with Gasteiger partial charge in [-0.05, 0) is 67.0 Å². The summed E-state index contributed by atoms with van der Waals surface area (Å²) in [4.78, 5) is 14.1. The molecule has 25 heavy (non-hydrogen) atoms. The van der Waals surface area contributed by atoms with Crippen molar-refractivity contribution < 1.29 is 9.53 Å². The van der Waals surface area contributed by atoms with Gasteiger partial charge in [0.15, 0.2) is 0 Å². The van der Waals surface area contributed by atoms with Gasteiger partial charge in [0.1, 0.15) is 12.1 Å². The third-order valence-corrected chi connectivity index (χ3v) is 5.98. The van der Waals surface area contributed by atoms with E-state index >= 15 is 0 Å². The molecule has 7 nitrogen and oxygen atoms in total. The number of esters is 1. The van der Waals surface area contributed by atoms with E-state index in [1.165, 1.54) is 6.42 Å². The van der Waals surface area contributed by atoms with E-state index in [-0.39, 0.29) is 18.1 Å². The van der Waals surface area contributed by atoms with E-state index in [2.05, 4.69) is 20.8 Å². The molecule has 0 bridgehead atoms. The predicted molar refractivity (Wildman–Crippen MR) is 94.3 cm³/mol. The van der Waals surface area contributed by atoms with Gasteiger partial charge in [-0.2, -0.15) is 4.68 Å². The van der Waals surface area contributed by atoms with Crippen molar-refractivity contribution in [2.75, 3.05) is 5.32 Å². The minimum Gasteiger partial charge on any atom is -0.459 e. The molecule has 1 fully saturated rings. The zero-order chi connectivity index (χ0) is 17.4. The van der Waals surface area contributed by atoms with Crippen molar-refractivity contribution >= 4 is 23.3 Å². The summed E-state index contributed by atoms with van der Waals surface area (Å²) in [7, 11) is 0. The van der Waals surface area contributed by atoms with Gasteiger partial charge in [0.2, 0.25) is 5.95 Å². The van der Waals surface area contributed by atoms with Gasteiger partial charge in [0, 0.05) is 10.6 Å². The van der Waals surface area contributed by atoms with Gasteiger partial charge in [-0.25, -0.2) is 4.79 Å². The fourth-order valence-electron chi connectivity index (χ4n) is 3.58. The number of hydrogen-bond acceptors (Lipinski definition) is 7. The Balaban J connectivity index is 1.70. The van der Waals surface area contributed by atoms with Crippen LogP contribution in [0.3, 0.4) is 0 Å². The number of carbonyl (C=O) groups excluding carboxylic acids is 1. The molecular formula is C17H21N5O2S. The first-order valence-electron chi connectivity index (χ1n) is 8.66. The van der Waals surface area contributed by atoms with Crippen LogP contribution in [0, 0.1) is 6.92 Å². The van der Waals surface area contributed by atoms with Gasteiger partial charge >= 0.3 is 5.97 Å². The molecule has 0 unspecified atom stereocenters. The van der Waals surface area contributed by atoms with Gasteiger partial charge in [-0.3, -0.25) is 0 Å². The molecule has 1 aliphatic carbocycles. The minimum atomic E-state index is -0.345. The molecule has 1 atom stereocenters. The lowest BCUT2D eigenvalue weighted by Gasteiger charge is -2.29. The van der Waals surface area contributed by atoms with Crippen LogP contribution in [-0.2, 0) is 9.53 Å². The standard InChI is InChI=1S/C17H21N5O2S/c1-10-8-9-25-15(10)14-13(11(2)18-17-19-20-21-22(14)17)16(23)24-12-6-4-3-5-7-12/h8-9,12,14H,3-7H2,1-2H3,(H,18,19,21)/t14-/m0/s1. The maximum atomic E-state index is 13.0. The average molecular weight is 359 g/mol. The number of aryl methyl sites for hydroxylation is 1. The normalized spacial score (nSPS) is 21.0. The highest BCUT2D eigenvalue weighted by atomic mass is 32.1. The first kappa shape index (κ1) is 16.3. The minimum absolute atomic E-state index is 0.0156. The van der Waals surface area contributed by atoms with Crippen molar-refractivity contribution in [3.8, 4) is 0 Å². The van der Waals surface area contributed by atoms with E-state index in [1.807, 2.05) is 25.3 Å². The van der Waals surface area contributed by atoms with Gasteiger partial charge in [-0.1, -0.05) is 11.5 Å². The third-order valence-electron chi connectivity index (χ3n) is 4.91. The van der Waals surface area contributed by atoms with Gasteiger partial charge in [0.25, 0.3) is 0 Å². The summed E-state index contributed by atoms with van der Waals surface area (Å²) in [5.74, 6) is 0.278. The Bertz CT molecular complexity index is 819. The van der Waals surface area contributed by atoms with Crippen LogP contribution in [0.15, 0.2) is 22.7 Å². The summed E-state index contributed by atoms with van der Waals surface area (Å²) in [6.07, 6.45) is 5.39. The number of carbonyl (C=O) groups is 1. The molecule has 4 rings (SSSR count). The molecule has 0 amide bonds. The number of tetrazole rings is 1. The molecule has 0 radical (unpaired) electrons. The molecule has 0 spiro atoms. The predicted octanol–water partition coefficient (Wildman–Crippen LogP) is 3.21. The lowest BCUT2D eigenvalue weighted by molar-refractivity contribution is -0.146. The van der Waals surface area contributed by atoms with Gasteiger partial charge in [0.05, 0.1) is 5.57 Å². The lowest BCUT2D eigenvalue weighted by Crippen LogP contribution is -2.31. The summed E-state index contributed by atoms with van der Waals surface area (Å²) >= 11 is 1.61. The lowest BCUT2D eigenvalue weighted by atomic mass is 9.97. The number of aromatic nitrogens is 4. The largest absolute Gasteiger partial charge is 0.459 e. The second-order valence-corrected chi connectivity index (χ2v) is 7.59. The fourth-order valence-corrected chi connectivity index (χ4v) is 4.60. The molecule has 1 saturated carbocycles.